The number of benzene rings is 2. The molecule has 0 atom stereocenters. The van der Waals surface area contributed by atoms with E-state index in [0.717, 1.165) is 3.97 Å². The van der Waals surface area contributed by atoms with Crippen molar-refractivity contribution in [3.8, 4) is 0 Å². The summed E-state index contributed by atoms with van der Waals surface area (Å²) < 4.78 is 26.9. The summed E-state index contributed by atoms with van der Waals surface area (Å²) in [6, 6.07) is 18.0. The minimum atomic E-state index is -3.82. The fourth-order valence-corrected chi connectivity index (χ4v) is 4.53. The molecule has 0 saturated carbocycles. The second-order valence-corrected chi connectivity index (χ2v) is 8.85. The number of hydrogen-bond acceptors (Lipinski definition) is 6. The number of amides is 1. The van der Waals surface area contributed by atoms with Gasteiger partial charge in [0.1, 0.15) is 11.4 Å². The van der Waals surface area contributed by atoms with Crippen LogP contribution in [0.4, 0.5) is 17.3 Å². The Bertz CT molecular complexity index is 1410. The highest BCUT2D eigenvalue weighted by Crippen LogP contribution is 2.27. The molecule has 0 bridgehead atoms. The van der Waals surface area contributed by atoms with Crippen molar-refractivity contribution in [1.82, 2.24) is 14.2 Å². The van der Waals surface area contributed by atoms with Crippen LogP contribution in [0, 0.1) is 0 Å². The molecule has 11 heteroatoms. The highest BCUT2D eigenvalue weighted by atomic mass is 35.5. The van der Waals surface area contributed by atoms with Crippen LogP contribution in [-0.2, 0) is 10.0 Å². The molecule has 4 rings (SSSR count). The van der Waals surface area contributed by atoms with Gasteiger partial charge in [-0.2, -0.15) is 5.10 Å². The molecule has 0 aliphatic rings. The average Bonchev–Trinajstić information content (AvgIpc) is 3.40. The Morgan fingerprint density at radius 2 is 1.91 bits per heavy atom. The van der Waals surface area contributed by atoms with Gasteiger partial charge in [0.2, 0.25) is 0 Å². The Labute approximate surface area is 188 Å². The molecule has 2 aromatic carbocycles. The molecule has 0 aliphatic heterocycles. The number of aliphatic imine (C=N–C) groups is 1. The van der Waals surface area contributed by atoms with Crippen LogP contribution in [0.5, 0.6) is 0 Å². The predicted molar refractivity (Wildman–Crippen MR) is 123 cm³/mol. The van der Waals surface area contributed by atoms with E-state index in [1.807, 2.05) is 0 Å². The third-order valence-corrected chi connectivity index (χ3v) is 6.40. The number of aromatic nitrogens is 3. The quantitative estimate of drug-likeness (QED) is 0.355. The van der Waals surface area contributed by atoms with Gasteiger partial charge < -0.3 is 11.1 Å². The summed E-state index contributed by atoms with van der Waals surface area (Å²) in [5.41, 5.74) is 6.43. The number of anilines is 2. The number of hydrogen-bond donors (Lipinski definition) is 3. The van der Waals surface area contributed by atoms with Crippen LogP contribution in [0.2, 0.25) is 5.02 Å². The molecule has 32 heavy (non-hydrogen) atoms. The van der Waals surface area contributed by atoms with E-state index in [2.05, 4.69) is 20.5 Å². The maximum absolute atomic E-state index is 12.9. The van der Waals surface area contributed by atoms with Gasteiger partial charge in [-0.25, -0.2) is 17.4 Å². The summed E-state index contributed by atoms with van der Waals surface area (Å²) in [6.07, 6.45) is 2.71. The maximum Gasteiger partial charge on any atom is 0.268 e. The van der Waals surface area contributed by atoms with Crippen molar-refractivity contribution < 1.29 is 13.2 Å². The van der Waals surface area contributed by atoms with E-state index in [1.165, 1.54) is 24.5 Å². The number of aromatic amines is 1. The second kappa shape index (κ2) is 8.69. The number of carbonyl (C=O) groups excluding carboxylic acids is 1. The van der Waals surface area contributed by atoms with Gasteiger partial charge in [0, 0.05) is 16.9 Å². The van der Waals surface area contributed by atoms with Gasteiger partial charge in [-0.05, 0) is 42.5 Å². The van der Waals surface area contributed by atoms with Crippen molar-refractivity contribution in [3.63, 3.8) is 0 Å². The zero-order chi connectivity index (χ0) is 22.7. The van der Waals surface area contributed by atoms with Crippen molar-refractivity contribution >= 4 is 51.1 Å². The van der Waals surface area contributed by atoms with Gasteiger partial charge in [0.25, 0.3) is 15.9 Å². The molecule has 1 amide bonds. The van der Waals surface area contributed by atoms with Gasteiger partial charge in [-0.3, -0.25) is 9.89 Å². The zero-order valence-corrected chi connectivity index (χ0v) is 18.0. The van der Waals surface area contributed by atoms with Gasteiger partial charge >= 0.3 is 0 Å². The monoisotopic (exact) mass is 468 g/mol. The first-order valence-corrected chi connectivity index (χ1v) is 11.1. The number of nitrogens with zero attached hydrogens (tertiary/aromatic N) is 3. The third-order valence-electron chi connectivity index (χ3n) is 4.45. The molecule has 0 unspecified atom stereocenters. The lowest BCUT2D eigenvalue weighted by molar-refractivity contribution is 0.100. The molecule has 2 heterocycles. The molecule has 0 spiro atoms. The van der Waals surface area contributed by atoms with Crippen LogP contribution >= 0.6 is 11.6 Å². The summed E-state index contributed by atoms with van der Waals surface area (Å²) >= 11 is 5.99. The van der Waals surface area contributed by atoms with Gasteiger partial charge in [-0.1, -0.05) is 35.9 Å². The Kier molecular flexibility index (Phi) is 5.80. The minimum absolute atomic E-state index is 0.00638. The minimum Gasteiger partial charge on any atom is -0.365 e. The highest BCUT2D eigenvalue weighted by molar-refractivity contribution is 7.90. The smallest absolute Gasteiger partial charge is 0.268 e. The van der Waals surface area contributed by atoms with E-state index >= 15 is 0 Å². The number of carbonyl (C=O) groups is 1. The number of H-pyrrole nitrogens is 1. The molecule has 0 saturated heterocycles. The second-order valence-electron chi connectivity index (χ2n) is 6.60. The molecule has 4 aromatic rings. The highest BCUT2D eigenvalue weighted by Gasteiger charge is 2.20. The molecule has 0 radical (unpaired) electrons. The average molecular weight is 469 g/mol. The van der Waals surface area contributed by atoms with Crippen LogP contribution in [0.1, 0.15) is 16.1 Å². The first kappa shape index (κ1) is 21.3. The van der Waals surface area contributed by atoms with Gasteiger partial charge in [0.15, 0.2) is 5.82 Å². The first-order chi connectivity index (χ1) is 15.4. The molecule has 162 valence electrons. The van der Waals surface area contributed by atoms with Crippen molar-refractivity contribution in [2.75, 3.05) is 5.32 Å². The first-order valence-electron chi connectivity index (χ1n) is 9.29. The number of primary amides is 1. The molecule has 2 aromatic heterocycles. The number of nitrogens with two attached hydrogens (primary N) is 1. The number of halogens is 1. The van der Waals surface area contributed by atoms with Crippen molar-refractivity contribution in [2.45, 2.75) is 4.90 Å². The fraction of sp³-hybridized carbons (Fsp3) is 0. The maximum atomic E-state index is 12.9. The van der Waals surface area contributed by atoms with E-state index in [4.69, 9.17) is 17.3 Å². The van der Waals surface area contributed by atoms with Gasteiger partial charge in [0.05, 0.1) is 16.8 Å². The Hall–Kier alpha value is -3.89. The lowest BCUT2D eigenvalue weighted by Gasteiger charge is -2.08. The van der Waals surface area contributed by atoms with E-state index in [-0.39, 0.29) is 27.8 Å². The Morgan fingerprint density at radius 1 is 1.12 bits per heavy atom. The summed E-state index contributed by atoms with van der Waals surface area (Å²) in [5.74, 6) is -0.520. The van der Waals surface area contributed by atoms with Crippen LogP contribution in [-0.4, -0.2) is 34.7 Å². The van der Waals surface area contributed by atoms with Crippen molar-refractivity contribution in [1.29, 1.82) is 0 Å². The van der Waals surface area contributed by atoms with Crippen LogP contribution < -0.4 is 11.1 Å². The molecule has 4 N–H and O–H groups in total. The summed E-state index contributed by atoms with van der Waals surface area (Å²) in [7, 11) is -3.82. The standard InChI is InChI=1S/C21H17ClN6O3S/c22-14-6-4-7-15(12-14)25-21-18(19(23)29)20(26-27-21)24-13-16-8-5-11-28(16)32(30,31)17-9-2-1-3-10-17/h1-13H,(H2,23,29)(H2,25,26,27). The lowest BCUT2D eigenvalue weighted by Crippen LogP contribution is -2.14. The molecular weight excluding hydrogens is 452 g/mol. The molecule has 9 nitrogen and oxygen atoms in total. The van der Waals surface area contributed by atoms with Crippen LogP contribution in [0.3, 0.4) is 0 Å². The molecule has 0 fully saturated rings. The summed E-state index contributed by atoms with van der Waals surface area (Å²) in [6.45, 7) is 0. The van der Waals surface area contributed by atoms with Crippen molar-refractivity contribution in [3.05, 3.63) is 89.2 Å². The third kappa shape index (κ3) is 4.27. The van der Waals surface area contributed by atoms with Crippen molar-refractivity contribution in [2.24, 2.45) is 10.7 Å². The summed E-state index contributed by atoms with van der Waals surface area (Å²) in [4.78, 5) is 16.4. The normalized spacial score (nSPS) is 11.7. The van der Waals surface area contributed by atoms with E-state index in [9.17, 15) is 13.2 Å². The van der Waals surface area contributed by atoms with E-state index in [0.29, 0.717) is 10.7 Å². The lowest BCUT2D eigenvalue weighted by atomic mass is 10.2. The number of nitrogens with one attached hydrogen (secondary N) is 2. The molecular formula is C21H17ClN6O3S. The van der Waals surface area contributed by atoms with Crippen LogP contribution in [0.15, 0.2) is 82.8 Å². The van der Waals surface area contributed by atoms with Gasteiger partial charge in [-0.15, -0.1) is 0 Å². The van der Waals surface area contributed by atoms with Crippen LogP contribution in [0.25, 0.3) is 0 Å². The zero-order valence-electron chi connectivity index (χ0n) is 16.4. The number of rotatable bonds is 7. The Balaban J connectivity index is 1.66. The fourth-order valence-electron chi connectivity index (χ4n) is 2.99. The predicted octanol–water partition coefficient (Wildman–Crippen LogP) is 3.69. The summed E-state index contributed by atoms with van der Waals surface area (Å²) in [5, 5.41) is 10.2. The van der Waals surface area contributed by atoms with E-state index in [1.54, 1.807) is 54.6 Å². The largest absolute Gasteiger partial charge is 0.365 e. The Morgan fingerprint density at radius 3 is 2.62 bits per heavy atom. The van der Waals surface area contributed by atoms with E-state index < -0.39 is 15.9 Å². The topological polar surface area (TPSA) is 135 Å². The SMILES string of the molecule is NC(=O)c1c(N=Cc2cccn2S(=O)(=O)c2ccccc2)n[nH]c1Nc1cccc(Cl)c1. The molecule has 0 aliphatic carbocycles.